The van der Waals surface area contributed by atoms with Crippen molar-refractivity contribution in [2.24, 2.45) is 5.41 Å². The van der Waals surface area contributed by atoms with E-state index in [0.717, 1.165) is 0 Å². The molecule has 0 heterocycles. The van der Waals surface area contributed by atoms with Gasteiger partial charge in [0.25, 0.3) is 0 Å². The van der Waals surface area contributed by atoms with Crippen molar-refractivity contribution in [1.82, 2.24) is 5.32 Å². The number of nitrogens with one attached hydrogen (secondary N) is 1. The fraction of sp³-hybridized carbons (Fsp3) is 0.625. The van der Waals surface area contributed by atoms with E-state index < -0.39 is 0 Å². The lowest BCUT2D eigenvalue weighted by atomic mass is 10.0. The maximum Gasteiger partial charge on any atom is 0.0294 e. The van der Waals surface area contributed by atoms with Crippen LogP contribution >= 0.6 is 0 Å². The predicted octanol–water partition coefficient (Wildman–Crippen LogP) is 3.62. The first-order valence-electron chi connectivity index (χ1n) is 6.94. The largest absolute Gasteiger partial charge is 0.307 e. The van der Waals surface area contributed by atoms with Crippen LogP contribution in [0.1, 0.15) is 56.3 Å². The molecule has 1 N–H and O–H groups in total. The fourth-order valence-electron chi connectivity index (χ4n) is 3.01. The first-order chi connectivity index (χ1) is 8.06. The van der Waals surface area contributed by atoms with E-state index in [2.05, 4.69) is 44.3 Å². The lowest BCUT2D eigenvalue weighted by Crippen LogP contribution is -2.24. The quantitative estimate of drug-likeness (QED) is 0.834. The van der Waals surface area contributed by atoms with E-state index in [-0.39, 0.29) is 0 Å². The average molecular weight is 229 g/mol. The van der Waals surface area contributed by atoms with Crippen molar-refractivity contribution in [2.45, 2.75) is 58.5 Å². The lowest BCUT2D eigenvalue weighted by Gasteiger charge is -2.16. The van der Waals surface area contributed by atoms with Crippen molar-refractivity contribution in [3.8, 4) is 0 Å². The summed E-state index contributed by atoms with van der Waals surface area (Å²) in [6.07, 6.45) is 5.23. The molecule has 2 aliphatic carbocycles. The number of hydrogen-bond acceptors (Lipinski definition) is 1. The van der Waals surface area contributed by atoms with Gasteiger partial charge in [-0.15, -0.1) is 0 Å². The smallest absolute Gasteiger partial charge is 0.0294 e. The van der Waals surface area contributed by atoms with E-state index in [1.54, 1.807) is 11.1 Å². The zero-order valence-corrected chi connectivity index (χ0v) is 11.2. The van der Waals surface area contributed by atoms with E-state index in [1.807, 2.05) is 0 Å². The van der Waals surface area contributed by atoms with Gasteiger partial charge in [0.15, 0.2) is 0 Å². The molecule has 1 aromatic carbocycles. The van der Waals surface area contributed by atoms with Gasteiger partial charge in [-0.25, -0.2) is 0 Å². The third-order valence-corrected chi connectivity index (χ3v) is 4.59. The van der Waals surface area contributed by atoms with Crippen molar-refractivity contribution in [3.05, 3.63) is 34.9 Å². The molecule has 0 aliphatic heterocycles. The monoisotopic (exact) mass is 229 g/mol. The van der Waals surface area contributed by atoms with Crippen molar-refractivity contribution in [3.63, 3.8) is 0 Å². The molecule has 1 heteroatoms. The highest BCUT2D eigenvalue weighted by atomic mass is 15.0. The minimum Gasteiger partial charge on any atom is -0.307 e. The molecule has 1 nitrogen and oxygen atoms in total. The Kier molecular flexibility index (Phi) is 2.55. The van der Waals surface area contributed by atoms with Crippen molar-refractivity contribution >= 4 is 0 Å². The Labute approximate surface area is 105 Å². The van der Waals surface area contributed by atoms with E-state index in [4.69, 9.17) is 0 Å². The molecule has 17 heavy (non-hydrogen) atoms. The second kappa shape index (κ2) is 3.84. The lowest BCUT2D eigenvalue weighted by molar-refractivity contribution is 0.491. The maximum atomic E-state index is 3.75. The van der Waals surface area contributed by atoms with Crippen LogP contribution in [0.5, 0.6) is 0 Å². The molecule has 92 valence electrons. The summed E-state index contributed by atoms with van der Waals surface area (Å²) in [5.41, 5.74) is 5.15. The topological polar surface area (TPSA) is 12.0 Å². The Morgan fingerprint density at radius 3 is 2.65 bits per heavy atom. The van der Waals surface area contributed by atoms with Crippen LogP contribution in [-0.4, -0.2) is 6.04 Å². The number of aryl methyl sites for hydroxylation is 2. The summed E-state index contributed by atoms with van der Waals surface area (Å²) >= 11 is 0. The Morgan fingerprint density at radius 1 is 1.24 bits per heavy atom. The van der Waals surface area contributed by atoms with Crippen LogP contribution in [0.2, 0.25) is 0 Å². The minimum absolute atomic E-state index is 0.493. The fourth-order valence-corrected chi connectivity index (χ4v) is 3.01. The number of benzene rings is 1. The first-order valence-corrected chi connectivity index (χ1v) is 6.94. The predicted molar refractivity (Wildman–Crippen MR) is 72.2 cm³/mol. The van der Waals surface area contributed by atoms with Gasteiger partial charge in [-0.1, -0.05) is 32.0 Å². The van der Waals surface area contributed by atoms with E-state index >= 15 is 0 Å². The summed E-state index contributed by atoms with van der Waals surface area (Å²) in [7, 11) is 0. The van der Waals surface area contributed by atoms with E-state index in [0.29, 0.717) is 17.5 Å². The Hall–Kier alpha value is -0.820. The highest BCUT2D eigenvalue weighted by Crippen LogP contribution is 2.45. The van der Waals surface area contributed by atoms with Crippen LogP contribution in [-0.2, 0) is 12.8 Å². The molecular weight excluding hydrogens is 206 g/mol. The molecule has 0 aromatic heterocycles. The molecule has 0 bridgehead atoms. The van der Waals surface area contributed by atoms with Gasteiger partial charge in [0.05, 0.1) is 0 Å². The maximum absolute atomic E-state index is 3.75. The van der Waals surface area contributed by atoms with Gasteiger partial charge in [0, 0.05) is 12.1 Å². The molecule has 3 rings (SSSR count). The van der Waals surface area contributed by atoms with Gasteiger partial charge >= 0.3 is 0 Å². The molecule has 2 unspecified atom stereocenters. The molecule has 1 fully saturated rings. The Bertz CT molecular complexity index is 433. The third-order valence-electron chi connectivity index (χ3n) is 4.59. The summed E-state index contributed by atoms with van der Waals surface area (Å²) in [5, 5.41) is 3.75. The summed E-state index contributed by atoms with van der Waals surface area (Å²) in [4.78, 5) is 0. The number of rotatable bonds is 3. The van der Waals surface area contributed by atoms with Crippen molar-refractivity contribution in [2.75, 3.05) is 0 Å². The first kappa shape index (κ1) is 11.3. The highest BCUT2D eigenvalue weighted by molar-refractivity contribution is 5.36. The average Bonchev–Trinajstić information content (AvgIpc) is 2.74. The van der Waals surface area contributed by atoms with Crippen molar-refractivity contribution < 1.29 is 0 Å². The van der Waals surface area contributed by atoms with Crippen LogP contribution in [0.3, 0.4) is 0 Å². The Balaban J connectivity index is 1.71. The minimum atomic E-state index is 0.493. The van der Waals surface area contributed by atoms with Crippen LogP contribution < -0.4 is 5.32 Å². The number of fused-ring (bicyclic) bond motifs is 1. The SMILES string of the molecule is CC(NC1CC1(C)C)c1ccc2c(c1)CCC2. The number of hydrogen-bond donors (Lipinski definition) is 1. The molecule has 2 atom stereocenters. The van der Waals surface area contributed by atoms with Crippen LogP contribution in [0, 0.1) is 5.41 Å². The van der Waals surface area contributed by atoms with Gasteiger partial charge < -0.3 is 5.32 Å². The Morgan fingerprint density at radius 2 is 1.94 bits per heavy atom. The van der Waals surface area contributed by atoms with Gasteiger partial charge in [0.2, 0.25) is 0 Å². The standard InChI is InChI=1S/C16H23N/c1-11(17-15-10-16(15,2)3)13-8-7-12-5-4-6-14(12)9-13/h7-9,11,15,17H,4-6,10H2,1-3H3. The van der Waals surface area contributed by atoms with Crippen LogP contribution in [0.4, 0.5) is 0 Å². The van der Waals surface area contributed by atoms with Gasteiger partial charge in [0.1, 0.15) is 0 Å². The van der Waals surface area contributed by atoms with Gasteiger partial charge in [-0.2, -0.15) is 0 Å². The molecule has 1 aromatic rings. The van der Waals surface area contributed by atoms with Gasteiger partial charge in [-0.3, -0.25) is 0 Å². The molecule has 0 radical (unpaired) electrons. The molecule has 0 amide bonds. The zero-order chi connectivity index (χ0) is 12.0. The second-order valence-electron chi connectivity index (χ2n) is 6.52. The van der Waals surface area contributed by atoms with E-state index in [9.17, 15) is 0 Å². The highest BCUT2D eigenvalue weighted by Gasteiger charge is 2.45. The van der Waals surface area contributed by atoms with Crippen molar-refractivity contribution in [1.29, 1.82) is 0 Å². The third kappa shape index (κ3) is 2.13. The second-order valence-corrected chi connectivity index (χ2v) is 6.52. The zero-order valence-electron chi connectivity index (χ0n) is 11.2. The molecule has 1 saturated carbocycles. The molecular formula is C16H23N. The normalized spacial score (nSPS) is 26.6. The van der Waals surface area contributed by atoms with Crippen LogP contribution in [0.15, 0.2) is 18.2 Å². The summed E-state index contributed by atoms with van der Waals surface area (Å²) in [6, 6.07) is 8.29. The summed E-state index contributed by atoms with van der Waals surface area (Å²) in [5.74, 6) is 0. The van der Waals surface area contributed by atoms with E-state index in [1.165, 1.54) is 31.2 Å². The summed E-state index contributed by atoms with van der Waals surface area (Å²) < 4.78 is 0. The van der Waals surface area contributed by atoms with Gasteiger partial charge in [-0.05, 0) is 54.7 Å². The summed E-state index contributed by atoms with van der Waals surface area (Å²) in [6.45, 7) is 6.99. The molecule has 0 spiro atoms. The molecule has 2 aliphatic rings. The molecule has 0 saturated heterocycles. The van der Waals surface area contributed by atoms with Crippen LogP contribution in [0.25, 0.3) is 0 Å².